The van der Waals surface area contributed by atoms with Crippen LogP contribution in [0.25, 0.3) is 0 Å². The minimum absolute atomic E-state index is 0.121. The first-order valence-corrected chi connectivity index (χ1v) is 12.2. The molecule has 1 aliphatic heterocycles. The van der Waals surface area contributed by atoms with Crippen LogP contribution in [0.1, 0.15) is 41.3 Å². The number of hydrogen-bond donors (Lipinski definition) is 3. The van der Waals surface area contributed by atoms with Gasteiger partial charge >= 0.3 is 18.0 Å². The predicted octanol–water partition coefficient (Wildman–Crippen LogP) is 4.16. The summed E-state index contributed by atoms with van der Waals surface area (Å²) < 4.78 is 5.33. The molecule has 0 aliphatic carbocycles. The van der Waals surface area contributed by atoms with Crippen molar-refractivity contribution in [2.45, 2.75) is 38.0 Å². The third-order valence-electron chi connectivity index (χ3n) is 6.67. The average molecular weight is 516 g/mol. The maximum absolute atomic E-state index is 13.2. The fraction of sp³-hybridized carbons (Fsp3) is 0.241. The number of hydrogen-bond acceptors (Lipinski definition) is 5. The van der Waals surface area contributed by atoms with Crippen LogP contribution in [0.2, 0.25) is 0 Å². The number of carboxylic acids is 1. The van der Waals surface area contributed by atoms with E-state index in [0.717, 1.165) is 11.1 Å². The number of rotatable bonds is 8. The van der Waals surface area contributed by atoms with E-state index < -0.39 is 42.0 Å². The number of anilines is 1. The van der Waals surface area contributed by atoms with Crippen molar-refractivity contribution in [2.75, 3.05) is 11.9 Å². The molecule has 1 saturated heterocycles. The lowest BCUT2D eigenvalue weighted by molar-refractivity contribution is -0.151. The molecule has 0 spiro atoms. The van der Waals surface area contributed by atoms with Crippen LogP contribution in [0, 0.1) is 0 Å². The molecule has 1 heterocycles. The Morgan fingerprint density at radius 2 is 1.66 bits per heavy atom. The minimum atomic E-state index is -1.08. The van der Waals surface area contributed by atoms with Gasteiger partial charge in [-0.05, 0) is 49.1 Å². The molecule has 196 valence electrons. The third kappa shape index (κ3) is 6.00. The standard InChI is InChI=1S/C29H29N3O6/c1-29(22-12-6-3-7-13-22)16-15-24(26(34)35)32(29)25(33)18-30-28(37)31-23-14-8-11-21(17-23)27(36)38-19-20-9-4-2-5-10-20/h2-14,17,24H,15-16,18-19H2,1H3,(H,34,35)(H2,30,31,37)/t24-,29+/m0/s1. The molecule has 1 fully saturated rings. The largest absolute Gasteiger partial charge is 0.480 e. The molecule has 3 aromatic rings. The van der Waals surface area contributed by atoms with E-state index in [1.54, 1.807) is 18.2 Å². The molecule has 4 rings (SSSR count). The molecule has 9 nitrogen and oxygen atoms in total. The fourth-order valence-corrected chi connectivity index (χ4v) is 4.72. The number of esters is 1. The van der Waals surface area contributed by atoms with Gasteiger partial charge < -0.3 is 25.4 Å². The van der Waals surface area contributed by atoms with Crippen molar-refractivity contribution >= 4 is 29.6 Å². The SMILES string of the molecule is C[C@]1(c2ccccc2)CC[C@@H](C(=O)O)N1C(=O)CNC(=O)Nc1cccc(C(=O)OCc2ccccc2)c1. The first-order chi connectivity index (χ1) is 18.3. The van der Waals surface area contributed by atoms with Gasteiger partial charge in [-0.3, -0.25) is 4.79 Å². The molecule has 3 N–H and O–H groups in total. The van der Waals surface area contributed by atoms with Gasteiger partial charge in [-0.2, -0.15) is 0 Å². The number of urea groups is 1. The second-order valence-electron chi connectivity index (χ2n) is 9.25. The molecule has 1 aliphatic rings. The highest BCUT2D eigenvalue weighted by molar-refractivity contribution is 5.95. The van der Waals surface area contributed by atoms with Crippen LogP contribution in [-0.4, -0.2) is 46.5 Å². The number of benzene rings is 3. The van der Waals surface area contributed by atoms with E-state index >= 15 is 0 Å². The first-order valence-electron chi connectivity index (χ1n) is 12.2. The number of nitrogens with one attached hydrogen (secondary N) is 2. The van der Waals surface area contributed by atoms with E-state index in [4.69, 9.17) is 4.74 Å². The zero-order valence-electron chi connectivity index (χ0n) is 20.9. The Labute approximate surface area is 220 Å². The van der Waals surface area contributed by atoms with Gasteiger partial charge in [0.25, 0.3) is 0 Å². The normalized spacial score (nSPS) is 18.4. The van der Waals surface area contributed by atoms with Crippen molar-refractivity contribution in [3.05, 3.63) is 102 Å². The Bertz CT molecular complexity index is 1310. The van der Waals surface area contributed by atoms with Crippen LogP contribution in [0.15, 0.2) is 84.9 Å². The molecular weight excluding hydrogens is 486 g/mol. The first kappa shape index (κ1) is 26.4. The van der Waals surface area contributed by atoms with Gasteiger partial charge in [-0.25, -0.2) is 14.4 Å². The smallest absolute Gasteiger partial charge is 0.338 e. The lowest BCUT2D eigenvalue weighted by atomic mass is 9.89. The van der Waals surface area contributed by atoms with Gasteiger partial charge in [-0.1, -0.05) is 66.7 Å². The summed E-state index contributed by atoms with van der Waals surface area (Å²) in [5, 5.41) is 14.8. The van der Waals surface area contributed by atoms with Crippen molar-refractivity contribution in [3.8, 4) is 0 Å². The number of ether oxygens (including phenoxy) is 1. The summed E-state index contributed by atoms with van der Waals surface area (Å²) in [6.07, 6.45) is 0.797. The molecule has 0 aromatic heterocycles. The quantitative estimate of drug-likeness (QED) is 0.387. The second kappa shape index (κ2) is 11.6. The van der Waals surface area contributed by atoms with Gasteiger partial charge in [0.1, 0.15) is 12.6 Å². The van der Waals surface area contributed by atoms with Gasteiger partial charge in [0, 0.05) is 5.69 Å². The Hall–Kier alpha value is -4.66. The van der Waals surface area contributed by atoms with E-state index in [0.29, 0.717) is 18.5 Å². The number of amides is 3. The maximum atomic E-state index is 13.2. The van der Waals surface area contributed by atoms with Crippen molar-refractivity contribution in [1.82, 2.24) is 10.2 Å². The van der Waals surface area contributed by atoms with Crippen molar-refractivity contribution in [3.63, 3.8) is 0 Å². The molecule has 9 heteroatoms. The van der Waals surface area contributed by atoms with Crippen molar-refractivity contribution in [2.24, 2.45) is 0 Å². The second-order valence-corrected chi connectivity index (χ2v) is 9.25. The highest BCUT2D eigenvalue weighted by Gasteiger charge is 2.49. The van der Waals surface area contributed by atoms with E-state index in [2.05, 4.69) is 10.6 Å². The van der Waals surface area contributed by atoms with Gasteiger partial charge in [-0.15, -0.1) is 0 Å². The number of carbonyl (C=O) groups excluding carboxylic acids is 3. The maximum Gasteiger partial charge on any atom is 0.338 e. The van der Waals surface area contributed by atoms with Crippen LogP contribution < -0.4 is 10.6 Å². The molecule has 3 aromatic carbocycles. The fourth-order valence-electron chi connectivity index (χ4n) is 4.72. The van der Waals surface area contributed by atoms with Gasteiger partial charge in [0.15, 0.2) is 0 Å². The zero-order valence-corrected chi connectivity index (χ0v) is 20.9. The lowest BCUT2D eigenvalue weighted by Crippen LogP contribution is -2.53. The van der Waals surface area contributed by atoms with E-state index in [1.165, 1.54) is 11.0 Å². The summed E-state index contributed by atoms with van der Waals surface area (Å²) in [4.78, 5) is 51.4. The highest BCUT2D eigenvalue weighted by atomic mass is 16.5. The molecule has 0 radical (unpaired) electrons. The highest BCUT2D eigenvalue weighted by Crippen LogP contribution is 2.42. The van der Waals surface area contributed by atoms with Crippen molar-refractivity contribution < 1.29 is 29.0 Å². The predicted molar refractivity (Wildman–Crippen MR) is 140 cm³/mol. The average Bonchev–Trinajstić information content (AvgIpc) is 3.30. The summed E-state index contributed by atoms with van der Waals surface area (Å²) >= 11 is 0. The number of aliphatic carboxylic acids is 1. The molecule has 2 atom stereocenters. The molecule has 0 bridgehead atoms. The van der Waals surface area contributed by atoms with Crippen LogP contribution in [0.4, 0.5) is 10.5 Å². The molecule has 3 amide bonds. The monoisotopic (exact) mass is 515 g/mol. The molecule has 0 saturated carbocycles. The zero-order chi connectivity index (χ0) is 27.1. The number of likely N-dealkylation sites (tertiary alicyclic amines) is 1. The summed E-state index contributed by atoms with van der Waals surface area (Å²) in [6.45, 7) is 1.57. The Kier molecular flexibility index (Phi) is 8.06. The molecular formula is C29H29N3O6. The van der Waals surface area contributed by atoms with E-state index in [9.17, 15) is 24.3 Å². The van der Waals surface area contributed by atoms with Gasteiger partial charge in [0.2, 0.25) is 5.91 Å². The Morgan fingerprint density at radius 3 is 2.34 bits per heavy atom. The molecule has 0 unspecified atom stereocenters. The Morgan fingerprint density at radius 1 is 0.974 bits per heavy atom. The Balaban J connectivity index is 1.36. The van der Waals surface area contributed by atoms with Crippen LogP contribution >= 0.6 is 0 Å². The number of carbonyl (C=O) groups is 4. The number of carboxylic acid groups (broad SMARTS) is 1. The summed E-state index contributed by atoms with van der Waals surface area (Å²) in [6, 6.07) is 23.1. The summed E-state index contributed by atoms with van der Waals surface area (Å²) in [5.74, 6) is -2.13. The molecule has 38 heavy (non-hydrogen) atoms. The lowest BCUT2D eigenvalue weighted by Gasteiger charge is -2.38. The number of nitrogens with zero attached hydrogens (tertiary/aromatic N) is 1. The van der Waals surface area contributed by atoms with Crippen LogP contribution in [0.5, 0.6) is 0 Å². The topological polar surface area (TPSA) is 125 Å². The van der Waals surface area contributed by atoms with E-state index in [-0.39, 0.29) is 12.2 Å². The summed E-state index contributed by atoms with van der Waals surface area (Å²) in [5.41, 5.74) is 1.47. The van der Waals surface area contributed by atoms with E-state index in [1.807, 2.05) is 67.6 Å². The van der Waals surface area contributed by atoms with Crippen LogP contribution in [0.3, 0.4) is 0 Å². The van der Waals surface area contributed by atoms with Crippen molar-refractivity contribution in [1.29, 1.82) is 0 Å². The minimum Gasteiger partial charge on any atom is -0.480 e. The summed E-state index contributed by atoms with van der Waals surface area (Å²) in [7, 11) is 0. The van der Waals surface area contributed by atoms with Crippen LogP contribution in [-0.2, 0) is 26.5 Å². The third-order valence-corrected chi connectivity index (χ3v) is 6.67. The van der Waals surface area contributed by atoms with Gasteiger partial charge in [0.05, 0.1) is 17.6 Å².